The summed E-state index contributed by atoms with van der Waals surface area (Å²) in [6, 6.07) is 14.4. The minimum Gasteiger partial charge on any atom is -0.495 e. The van der Waals surface area contributed by atoms with Crippen LogP contribution in [0.5, 0.6) is 5.75 Å². The monoisotopic (exact) mass is 314 g/mol. The summed E-state index contributed by atoms with van der Waals surface area (Å²) in [5.74, 6) is -0.0247. The minimum absolute atomic E-state index is 0.504. The number of nitrogens with one attached hydrogen (secondary N) is 2. The van der Waals surface area contributed by atoms with Gasteiger partial charge in [-0.15, -0.1) is 0 Å². The van der Waals surface area contributed by atoms with Gasteiger partial charge < -0.3 is 20.1 Å². The highest BCUT2D eigenvalue weighted by Crippen LogP contribution is 2.23. The van der Waals surface area contributed by atoms with Crippen molar-refractivity contribution in [2.45, 2.75) is 6.04 Å². The van der Waals surface area contributed by atoms with Crippen LogP contribution in [-0.2, 0) is 9.53 Å². The lowest BCUT2D eigenvalue weighted by atomic mass is 10.1. The van der Waals surface area contributed by atoms with Gasteiger partial charge in [0.05, 0.1) is 19.9 Å². The van der Waals surface area contributed by atoms with Crippen LogP contribution in [0, 0.1) is 0 Å². The number of esters is 1. The number of rotatable bonds is 5. The fourth-order valence-electron chi connectivity index (χ4n) is 2.08. The number of carbonyl (C=O) groups is 2. The number of anilines is 1. The van der Waals surface area contributed by atoms with Crippen molar-refractivity contribution in [1.29, 1.82) is 0 Å². The number of hydrogen-bond acceptors (Lipinski definition) is 4. The average molecular weight is 314 g/mol. The van der Waals surface area contributed by atoms with Gasteiger partial charge in [-0.3, -0.25) is 0 Å². The summed E-state index contributed by atoms with van der Waals surface area (Å²) in [5, 5.41) is 5.26. The lowest BCUT2D eigenvalue weighted by molar-refractivity contribution is -0.143. The second kappa shape index (κ2) is 7.84. The van der Waals surface area contributed by atoms with Crippen molar-refractivity contribution in [1.82, 2.24) is 5.32 Å². The maximum Gasteiger partial charge on any atom is 0.333 e. The molecule has 0 saturated heterocycles. The Morgan fingerprint density at radius 1 is 0.957 bits per heavy atom. The molecule has 6 nitrogen and oxygen atoms in total. The van der Waals surface area contributed by atoms with Crippen molar-refractivity contribution in [3.05, 3.63) is 60.2 Å². The van der Waals surface area contributed by atoms with Gasteiger partial charge in [-0.1, -0.05) is 42.5 Å². The first-order valence-electron chi connectivity index (χ1n) is 6.99. The van der Waals surface area contributed by atoms with E-state index in [4.69, 9.17) is 9.47 Å². The number of carbonyl (C=O) groups excluding carboxylic acids is 2. The smallest absolute Gasteiger partial charge is 0.333 e. The molecule has 0 aromatic heterocycles. The Hall–Kier alpha value is -3.02. The molecule has 1 atom stereocenters. The molecule has 0 fully saturated rings. The number of urea groups is 1. The van der Waals surface area contributed by atoms with Crippen LogP contribution in [-0.4, -0.2) is 26.2 Å². The van der Waals surface area contributed by atoms with E-state index in [0.717, 1.165) is 0 Å². The standard InChI is InChI=1S/C17H18N2O4/c1-22-14-11-7-6-10-13(14)18-17(21)19-15(16(20)23-2)12-8-4-3-5-9-12/h3-11,15H,1-2H3,(H2,18,19,21). The lowest BCUT2D eigenvalue weighted by Crippen LogP contribution is -2.37. The molecular formula is C17H18N2O4. The van der Waals surface area contributed by atoms with Gasteiger partial charge in [-0.05, 0) is 17.7 Å². The van der Waals surface area contributed by atoms with E-state index in [2.05, 4.69) is 10.6 Å². The van der Waals surface area contributed by atoms with Crippen LogP contribution in [0.2, 0.25) is 0 Å². The summed E-state index contributed by atoms with van der Waals surface area (Å²) in [7, 11) is 2.79. The SMILES string of the molecule is COC(=O)C(NC(=O)Nc1ccccc1OC)c1ccccc1. The maximum absolute atomic E-state index is 12.2. The third-order valence-corrected chi connectivity index (χ3v) is 3.20. The zero-order valence-electron chi connectivity index (χ0n) is 12.9. The molecule has 0 aliphatic rings. The molecule has 2 rings (SSSR count). The van der Waals surface area contributed by atoms with Crippen LogP contribution < -0.4 is 15.4 Å². The molecule has 23 heavy (non-hydrogen) atoms. The topological polar surface area (TPSA) is 76.7 Å². The molecule has 0 heterocycles. The van der Waals surface area contributed by atoms with E-state index in [-0.39, 0.29) is 0 Å². The highest BCUT2D eigenvalue weighted by Gasteiger charge is 2.23. The number of methoxy groups -OCH3 is 2. The van der Waals surface area contributed by atoms with E-state index in [0.29, 0.717) is 17.0 Å². The highest BCUT2D eigenvalue weighted by molar-refractivity contribution is 5.94. The van der Waals surface area contributed by atoms with Crippen molar-refractivity contribution in [2.24, 2.45) is 0 Å². The fourth-order valence-corrected chi connectivity index (χ4v) is 2.08. The second-order valence-corrected chi connectivity index (χ2v) is 4.67. The van der Waals surface area contributed by atoms with E-state index in [1.807, 2.05) is 6.07 Å². The number of para-hydroxylation sites is 2. The minimum atomic E-state index is -0.893. The molecule has 1 unspecified atom stereocenters. The molecule has 0 saturated carbocycles. The number of hydrogen-bond donors (Lipinski definition) is 2. The van der Waals surface area contributed by atoms with Gasteiger partial charge in [0.1, 0.15) is 5.75 Å². The molecular weight excluding hydrogens is 296 g/mol. The summed E-state index contributed by atoms with van der Waals surface area (Å²) in [5.41, 5.74) is 1.14. The van der Waals surface area contributed by atoms with Gasteiger partial charge in [-0.2, -0.15) is 0 Å². The highest BCUT2D eigenvalue weighted by atomic mass is 16.5. The second-order valence-electron chi connectivity index (χ2n) is 4.67. The molecule has 2 N–H and O–H groups in total. The maximum atomic E-state index is 12.2. The zero-order valence-corrected chi connectivity index (χ0v) is 12.9. The molecule has 0 spiro atoms. The average Bonchev–Trinajstić information content (AvgIpc) is 2.60. The molecule has 0 aliphatic carbocycles. The quantitative estimate of drug-likeness (QED) is 0.832. The Kier molecular flexibility index (Phi) is 5.57. The Bertz CT molecular complexity index is 673. The number of ether oxygens (including phenoxy) is 2. The van der Waals surface area contributed by atoms with Crippen molar-refractivity contribution in [3.8, 4) is 5.75 Å². The van der Waals surface area contributed by atoms with Gasteiger partial charge in [-0.25, -0.2) is 9.59 Å². The van der Waals surface area contributed by atoms with Gasteiger partial charge in [0.25, 0.3) is 0 Å². The molecule has 0 bridgehead atoms. The van der Waals surface area contributed by atoms with Gasteiger partial charge in [0.2, 0.25) is 0 Å². The lowest BCUT2D eigenvalue weighted by Gasteiger charge is -2.18. The molecule has 2 aromatic rings. The van der Waals surface area contributed by atoms with Crippen LogP contribution in [0.3, 0.4) is 0 Å². The van der Waals surface area contributed by atoms with Crippen LogP contribution in [0.15, 0.2) is 54.6 Å². The predicted octanol–water partition coefficient (Wildman–Crippen LogP) is 2.73. The molecule has 2 amide bonds. The predicted molar refractivity (Wildman–Crippen MR) is 86.3 cm³/mol. The Labute approximate surface area is 134 Å². The first-order valence-corrected chi connectivity index (χ1v) is 6.99. The summed E-state index contributed by atoms with van der Waals surface area (Å²) < 4.78 is 9.93. The van der Waals surface area contributed by atoms with E-state index in [1.54, 1.807) is 48.5 Å². The van der Waals surface area contributed by atoms with Crippen LogP contribution in [0.1, 0.15) is 11.6 Å². The van der Waals surface area contributed by atoms with Crippen molar-refractivity contribution >= 4 is 17.7 Å². The van der Waals surface area contributed by atoms with Crippen molar-refractivity contribution in [2.75, 3.05) is 19.5 Å². The number of amides is 2. The fraction of sp³-hybridized carbons (Fsp3) is 0.176. The summed E-state index contributed by atoms with van der Waals surface area (Å²) in [6.45, 7) is 0. The number of benzene rings is 2. The van der Waals surface area contributed by atoms with Crippen molar-refractivity contribution < 1.29 is 19.1 Å². The molecule has 2 aromatic carbocycles. The summed E-state index contributed by atoms with van der Waals surface area (Å²) in [6.07, 6.45) is 0. The van der Waals surface area contributed by atoms with E-state index >= 15 is 0 Å². The Morgan fingerprint density at radius 3 is 2.26 bits per heavy atom. The van der Waals surface area contributed by atoms with E-state index < -0.39 is 18.0 Å². The van der Waals surface area contributed by atoms with Crippen molar-refractivity contribution in [3.63, 3.8) is 0 Å². The first-order chi connectivity index (χ1) is 11.2. The largest absolute Gasteiger partial charge is 0.495 e. The van der Waals surface area contributed by atoms with E-state index in [1.165, 1.54) is 14.2 Å². The summed E-state index contributed by atoms with van der Waals surface area (Å²) >= 11 is 0. The Morgan fingerprint density at radius 2 is 1.61 bits per heavy atom. The van der Waals surface area contributed by atoms with Gasteiger partial charge in [0, 0.05) is 0 Å². The van der Waals surface area contributed by atoms with Gasteiger partial charge >= 0.3 is 12.0 Å². The molecule has 0 aliphatic heterocycles. The summed E-state index contributed by atoms with van der Waals surface area (Å²) in [4.78, 5) is 24.1. The Balaban J connectivity index is 2.13. The van der Waals surface area contributed by atoms with E-state index in [9.17, 15) is 9.59 Å². The molecule has 120 valence electrons. The third-order valence-electron chi connectivity index (χ3n) is 3.20. The van der Waals surface area contributed by atoms with Crippen LogP contribution >= 0.6 is 0 Å². The van der Waals surface area contributed by atoms with Crippen LogP contribution in [0.4, 0.5) is 10.5 Å². The van der Waals surface area contributed by atoms with Gasteiger partial charge in [0.15, 0.2) is 6.04 Å². The van der Waals surface area contributed by atoms with Crippen LogP contribution in [0.25, 0.3) is 0 Å². The first kappa shape index (κ1) is 16.4. The molecule has 0 radical (unpaired) electrons. The normalized spacial score (nSPS) is 11.2. The third kappa shape index (κ3) is 4.23. The zero-order chi connectivity index (χ0) is 16.7. The molecule has 6 heteroatoms.